The monoisotopic (exact) mass is 237 g/mol. The van der Waals surface area contributed by atoms with Gasteiger partial charge in [0.1, 0.15) is 0 Å². The molecule has 2 aliphatic heterocycles. The number of nitrogens with zero attached hydrogens (tertiary/aromatic N) is 1. The molecule has 1 aromatic rings. The summed E-state index contributed by atoms with van der Waals surface area (Å²) in [5.74, 6) is 0. The average Bonchev–Trinajstić information content (AvgIpc) is 2.86. The number of piperidine rings is 1. The number of thiazole rings is 1. The number of hydrogen-bond acceptors (Lipinski definition) is 4. The molecule has 1 aromatic heterocycles. The number of aromatic nitrogens is 1. The van der Waals surface area contributed by atoms with Crippen LogP contribution >= 0.6 is 11.3 Å². The summed E-state index contributed by atoms with van der Waals surface area (Å²) in [4.78, 5) is 4.58. The highest BCUT2D eigenvalue weighted by Gasteiger charge is 2.33. The van der Waals surface area contributed by atoms with Gasteiger partial charge in [0, 0.05) is 23.5 Å². The maximum Gasteiger partial charge on any atom is 0.183 e. The van der Waals surface area contributed by atoms with E-state index in [9.17, 15) is 0 Å². The van der Waals surface area contributed by atoms with E-state index in [1.54, 1.807) is 11.3 Å². The van der Waals surface area contributed by atoms with Gasteiger partial charge in [0.2, 0.25) is 0 Å². The first-order valence-electron chi connectivity index (χ1n) is 6.30. The predicted octanol–water partition coefficient (Wildman–Crippen LogP) is 2.40. The zero-order valence-electron chi connectivity index (χ0n) is 9.70. The average molecular weight is 237 g/mol. The Kier molecular flexibility index (Phi) is 2.86. The van der Waals surface area contributed by atoms with Crippen LogP contribution in [0.2, 0.25) is 0 Å². The van der Waals surface area contributed by atoms with Crippen molar-refractivity contribution >= 4 is 16.5 Å². The molecule has 2 fully saturated rings. The first-order valence-corrected chi connectivity index (χ1v) is 7.18. The van der Waals surface area contributed by atoms with E-state index in [-0.39, 0.29) is 0 Å². The van der Waals surface area contributed by atoms with Gasteiger partial charge in [-0.3, -0.25) is 0 Å². The van der Waals surface area contributed by atoms with Crippen LogP contribution in [0.15, 0.2) is 5.38 Å². The largest absolute Gasteiger partial charge is 0.359 e. The molecule has 0 spiro atoms. The molecule has 3 rings (SSSR count). The lowest BCUT2D eigenvalue weighted by molar-refractivity contribution is 0.378. The van der Waals surface area contributed by atoms with Gasteiger partial charge in [-0.25, -0.2) is 4.98 Å². The molecule has 0 aromatic carbocycles. The van der Waals surface area contributed by atoms with Crippen molar-refractivity contribution in [3.05, 3.63) is 11.1 Å². The van der Waals surface area contributed by atoms with Crippen LogP contribution in [-0.4, -0.2) is 23.1 Å². The highest BCUT2D eigenvalue weighted by atomic mass is 32.1. The molecular formula is C12H19N3S. The van der Waals surface area contributed by atoms with Crippen molar-refractivity contribution in [3.63, 3.8) is 0 Å². The van der Waals surface area contributed by atoms with Gasteiger partial charge in [-0.05, 0) is 32.1 Å². The third-order valence-electron chi connectivity index (χ3n) is 3.71. The van der Waals surface area contributed by atoms with E-state index in [4.69, 9.17) is 0 Å². The minimum atomic E-state index is 0.634. The fraction of sp³-hybridized carbons (Fsp3) is 0.750. The Labute approximate surface area is 101 Å². The van der Waals surface area contributed by atoms with Gasteiger partial charge in [0.15, 0.2) is 5.13 Å². The van der Waals surface area contributed by atoms with Gasteiger partial charge in [-0.1, -0.05) is 6.92 Å². The van der Waals surface area contributed by atoms with E-state index in [1.165, 1.54) is 31.4 Å². The SMILES string of the molecule is CCc1csc(NC2CC3CCC(C2)N3)n1. The minimum absolute atomic E-state index is 0.634. The van der Waals surface area contributed by atoms with Gasteiger partial charge in [0.05, 0.1) is 5.69 Å². The minimum Gasteiger partial charge on any atom is -0.359 e. The molecule has 88 valence electrons. The molecule has 16 heavy (non-hydrogen) atoms. The van der Waals surface area contributed by atoms with Crippen molar-refractivity contribution in [1.82, 2.24) is 10.3 Å². The summed E-state index contributed by atoms with van der Waals surface area (Å²) in [6.07, 6.45) is 6.28. The molecule has 3 nitrogen and oxygen atoms in total. The van der Waals surface area contributed by atoms with E-state index in [0.717, 1.165) is 23.6 Å². The van der Waals surface area contributed by atoms with Crippen molar-refractivity contribution in [1.29, 1.82) is 0 Å². The molecule has 0 saturated carbocycles. The third kappa shape index (κ3) is 2.09. The van der Waals surface area contributed by atoms with Crippen LogP contribution in [0.3, 0.4) is 0 Å². The van der Waals surface area contributed by atoms with Crippen LogP contribution in [-0.2, 0) is 6.42 Å². The molecule has 2 bridgehead atoms. The summed E-state index contributed by atoms with van der Waals surface area (Å²) in [5, 5.41) is 10.5. The lowest BCUT2D eigenvalue weighted by Gasteiger charge is -2.29. The summed E-state index contributed by atoms with van der Waals surface area (Å²) < 4.78 is 0. The van der Waals surface area contributed by atoms with Crippen LogP contribution in [0.25, 0.3) is 0 Å². The smallest absolute Gasteiger partial charge is 0.183 e. The molecule has 2 aliphatic rings. The Morgan fingerprint density at radius 3 is 2.81 bits per heavy atom. The topological polar surface area (TPSA) is 37.0 Å². The number of aryl methyl sites for hydroxylation is 1. The number of rotatable bonds is 3. The van der Waals surface area contributed by atoms with Crippen LogP contribution in [0.5, 0.6) is 0 Å². The summed E-state index contributed by atoms with van der Waals surface area (Å²) in [5.41, 5.74) is 1.21. The van der Waals surface area contributed by atoms with E-state index in [0.29, 0.717) is 6.04 Å². The highest BCUT2D eigenvalue weighted by Crippen LogP contribution is 2.29. The quantitative estimate of drug-likeness (QED) is 0.847. The summed E-state index contributed by atoms with van der Waals surface area (Å²) in [7, 11) is 0. The number of hydrogen-bond donors (Lipinski definition) is 2. The van der Waals surface area contributed by atoms with Gasteiger partial charge in [-0.2, -0.15) is 0 Å². The summed E-state index contributed by atoms with van der Waals surface area (Å²) >= 11 is 1.75. The van der Waals surface area contributed by atoms with Gasteiger partial charge >= 0.3 is 0 Å². The van der Waals surface area contributed by atoms with Gasteiger partial charge in [0.25, 0.3) is 0 Å². The number of nitrogens with one attached hydrogen (secondary N) is 2. The van der Waals surface area contributed by atoms with E-state index >= 15 is 0 Å². The highest BCUT2D eigenvalue weighted by molar-refractivity contribution is 7.13. The van der Waals surface area contributed by atoms with Crippen molar-refractivity contribution in [2.75, 3.05) is 5.32 Å². The van der Waals surface area contributed by atoms with Gasteiger partial charge in [-0.15, -0.1) is 11.3 Å². The second-order valence-electron chi connectivity index (χ2n) is 4.95. The summed E-state index contributed by atoms with van der Waals surface area (Å²) in [6, 6.07) is 2.14. The maximum atomic E-state index is 4.58. The first-order chi connectivity index (χ1) is 7.83. The Morgan fingerprint density at radius 2 is 2.19 bits per heavy atom. The molecule has 0 amide bonds. The summed E-state index contributed by atoms with van der Waals surface area (Å²) in [6.45, 7) is 2.16. The standard InChI is InChI=1S/C12H19N3S/c1-2-8-7-16-12(14-8)15-11-5-9-3-4-10(6-11)13-9/h7,9-11,13H,2-6H2,1H3,(H,14,15). The number of fused-ring (bicyclic) bond motifs is 2. The van der Waals surface area contributed by atoms with Crippen LogP contribution < -0.4 is 10.6 Å². The number of anilines is 1. The third-order valence-corrected chi connectivity index (χ3v) is 4.54. The molecule has 3 heterocycles. The molecular weight excluding hydrogens is 218 g/mol. The van der Waals surface area contributed by atoms with Crippen molar-refractivity contribution < 1.29 is 0 Å². The second kappa shape index (κ2) is 4.34. The normalized spacial score (nSPS) is 32.9. The fourth-order valence-corrected chi connectivity index (χ4v) is 3.76. The lowest BCUT2D eigenvalue weighted by atomic mass is 10.0. The maximum absolute atomic E-state index is 4.58. The molecule has 2 saturated heterocycles. The van der Waals surface area contributed by atoms with Crippen molar-refractivity contribution in [2.45, 2.75) is 57.2 Å². The zero-order valence-corrected chi connectivity index (χ0v) is 10.5. The Balaban J connectivity index is 1.62. The van der Waals surface area contributed by atoms with Crippen LogP contribution in [0, 0.1) is 0 Å². The first kappa shape index (κ1) is 10.5. The molecule has 0 aliphatic carbocycles. The lowest BCUT2D eigenvalue weighted by Crippen LogP contribution is -2.43. The Morgan fingerprint density at radius 1 is 1.44 bits per heavy atom. The molecule has 2 N–H and O–H groups in total. The molecule has 2 atom stereocenters. The van der Waals surface area contributed by atoms with Gasteiger partial charge < -0.3 is 10.6 Å². The molecule has 4 heteroatoms. The Bertz CT molecular complexity index is 351. The predicted molar refractivity (Wildman–Crippen MR) is 68.1 cm³/mol. The van der Waals surface area contributed by atoms with E-state index in [2.05, 4.69) is 27.9 Å². The van der Waals surface area contributed by atoms with Crippen LogP contribution in [0.1, 0.15) is 38.3 Å². The van der Waals surface area contributed by atoms with E-state index in [1.807, 2.05) is 0 Å². The zero-order chi connectivity index (χ0) is 11.0. The fourth-order valence-electron chi connectivity index (χ4n) is 2.89. The molecule has 0 radical (unpaired) electrons. The van der Waals surface area contributed by atoms with Crippen molar-refractivity contribution in [3.8, 4) is 0 Å². The van der Waals surface area contributed by atoms with Crippen LogP contribution in [0.4, 0.5) is 5.13 Å². The second-order valence-corrected chi connectivity index (χ2v) is 5.81. The molecule has 2 unspecified atom stereocenters. The van der Waals surface area contributed by atoms with E-state index < -0.39 is 0 Å². The van der Waals surface area contributed by atoms with Crippen molar-refractivity contribution in [2.24, 2.45) is 0 Å². The Hall–Kier alpha value is -0.610.